The van der Waals surface area contributed by atoms with E-state index >= 15 is 0 Å². The Morgan fingerprint density at radius 1 is 1.11 bits per heavy atom. The van der Waals surface area contributed by atoms with Gasteiger partial charge in [-0.25, -0.2) is 17.2 Å². The van der Waals surface area contributed by atoms with Gasteiger partial charge >= 0.3 is 0 Å². The number of benzene rings is 2. The predicted octanol–water partition coefficient (Wildman–Crippen LogP) is 4.01. The standard InChI is InChI=1S/C16H11BrF2N4O3S2/c1-8(24)20-10-4-2-9(3-5-10)15-21-22-16(27-15)23-28(25,26)14-7-12(18)11(17)6-13(14)19/h2-7H,1H3,(H,20,24)(H,22,23). The molecular formula is C16H11BrF2N4O3S2. The van der Waals surface area contributed by atoms with Gasteiger partial charge in [-0.2, -0.15) is 0 Å². The zero-order valence-electron chi connectivity index (χ0n) is 14.0. The number of nitrogens with zero attached hydrogens (tertiary/aromatic N) is 2. The van der Waals surface area contributed by atoms with E-state index in [-0.39, 0.29) is 15.5 Å². The minimum Gasteiger partial charge on any atom is -0.326 e. The molecule has 0 saturated carbocycles. The van der Waals surface area contributed by atoms with Crippen molar-refractivity contribution in [3.63, 3.8) is 0 Å². The van der Waals surface area contributed by atoms with E-state index < -0.39 is 26.6 Å². The molecular weight excluding hydrogens is 478 g/mol. The molecule has 2 aromatic carbocycles. The normalized spacial score (nSPS) is 11.3. The molecule has 0 atom stereocenters. The van der Waals surface area contributed by atoms with E-state index in [4.69, 9.17) is 0 Å². The van der Waals surface area contributed by atoms with Crippen LogP contribution in [0.15, 0.2) is 45.8 Å². The van der Waals surface area contributed by atoms with Gasteiger partial charge in [0.05, 0.1) is 4.47 Å². The molecule has 0 unspecified atom stereocenters. The van der Waals surface area contributed by atoms with Crippen LogP contribution in [0.5, 0.6) is 0 Å². The molecule has 0 aliphatic carbocycles. The molecule has 28 heavy (non-hydrogen) atoms. The summed E-state index contributed by atoms with van der Waals surface area (Å²) in [5, 5.41) is 10.5. The average Bonchev–Trinajstić information content (AvgIpc) is 3.06. The first-order chi connectivity index (χ1) is 13.2. The highest BCUT2D eigenvalue weighted by atomic mass is 79.9. The van der Waals surface area contributed by atoms with Crippen LogP contribution < -0.4 is 10.0 Å². The molecule has 7 nitrogen and oxygen atoms in total. The number of aromatic nitrogens is 2. The molecule has 0 saturated heterocycles. The van der Waals surface area contributed by atoms with Crippen molar-refractivity contribution < 1.29 is 22.0 Å². The molecule has 146 valence electrons. The fraction of sp³-hybridized carbons (Fsp3) is 0.0625. The van der Waals surface area contributed by atoms with E-state index in [1.165, 1.54) is 6.92 Å². The Kier molecular flexibility index (Phi) is 5.72. The summed E-state index contributed by atoms with van der Waals surface area (Å²) in [5.74, 6) is -2.24. The second-order valence-corrected chi connectivity index (χ2v) is 8.96. The van der Waals surface area contributed by atoms with Crippen molar-refractivity contribution in [2.45, 2.75) is 11.8 Å². The Balaban J connectivity index is 1.82. The van der Waals surface area contributed by atoms with E-state index in [2.05, 4.69) is 36.2 Å². The van der Waals surface area contributed by atoms with E-state index in [0.717, 1.165) is 17.4 Å². The topological polar surface area (TPSA) is 101 Å². The third kappa shape index (κ3) is 4.51. The van der Waals surface area contributed by atoms with Crippen molar-refractivity contribution in [1.29, 1.82) is 0 Å². The zero-order chi connectivity index (χ0) is 20.5. The van der Waals surface area contributed by atoms with Gasteiger partial charge in [0.25, 0.3) is 10.0 Å². The molecule has 0 fully saturated rings. The van der Waals surface area contributed by atoms with Crippen LogP contribution in [0.1, 0.15) is 6.92 Å². The van der Waals surface area contributed by atoms with Crippen molar-refractivity contribution >= 4 is 54.0 Å². The highest BCUT2D eigenvalue weighted by molar-refractivity contribution is 9.10. The molecule has 0 bridgehead atoms. The maximum absolute atomic E-state index is 13.9. The third-order valence-corrected chi connectivity index (χ3v) is 6.34. The van der Waals surface area contributed by atoms with Crippen LogP contribution in [0.25, 0.3) is 10.6 Å². The molecule has 3 aromatic rings. The van der Waals surface area contributed by atoms with Gasteiger partial charge in [0.1, 0.15) is 21.5 Å². The van der Waals surface area contributed by atoms with Crippen LogP contribution in [0.4, 0.5) is 19.6 Å². The van der Waals surface area contributed by atoms with Crippen LogP contribution in [-0.2, 0) is 14.8 Å². The molecule has 12 heteroatoms. The Hall–Kier alpha value is -2.44. The van der Waals surface area contributed by atoms with E-state index in [9.17, 15) is 22.0 Å². The lowest BCUT2D eigenvalue weighted by atomic mass is 10.2. The number of halogens is 3. The number of anilines is 2. The number of amides is 1. The number of hydrogen-bond acceptors (Lipinski definition) is 6. The van der Waals surface area contributed by atoms with Crippen molar-refractivity contribution in [1.82, 2.24) is 10.2 Å². The summed E-state index contributed by atoms with van der Waals surface area (Å²) in [6.07, 6.45) is 0. The van der Waals surface area contributed by atoms with Gasteiger partial charge in [-0.1, -0.05) is 11.3 Å². The summed E-state index contributed by atoms with van der Waals surface area (Å²) < 4.78 is 54.1. The molecule has 0 aliphatic rings. The van der Waals surface area contributed by atoms with Crippen molar-refractivity contribution in [3.05, 3.63) is 52.5 Å². The smallest absolute Gasteiger partial charge is 0.266 e. The first-order valence-corrected chi connectivity index (χ1v) is 10.6. The lowest BCUT2D eigenvalue weighted by Gasteiger charge is -2.06. The van der Waals surface area contributed by atoms with Crippen LogP contribution >= 0.6 is 27.3 Å². The summed E-state index contributed by atoms with van der Waals surface area (Å²) in [4.78, 5) is 10.2. The van der Waals surface area contributed by atoms with Gasteiger partial charge in [-0.15, -0.1) is 10.2 Å². The largest absolute Gasteiger partial charge is 0.326 e. The minimum atomic E-state index is -4.40. The number of hydrogen-bond donors (Lipinski definition) is 2. The summed E-state index contributed by atoms with van der Waals surface area (Å²) in [6.45, 7) is 1.39. The molecule has 0 aliphatic heterocycles. The first-order valence-electron chi connectivity index (χ1n) is 7.54. The first kappa shape index (κ1) is 20.3. The van der Waals surface area contributed by atoms with Crippen molar-refractivity contribution in [3.8, 4) is 10.6 Å². The summed E-state index contributed by atoms with van der Waals surface area (Å²) in [5.41, 5.74) is 1.23. The van der Waals surface area contributed by atoms with Crippen molar-refractivity contribution in [2.24, 2.45) is 0 Å². The zero-order valence-corrected chi connectivity index (χ0v) is 17.3. The SMILES string of the molecule is CC(=O)Nc1ccc(-c2nnc(NS(=O)(=O)c3cc(F)c(Br)cc3F)s2)cc1. The summed E-state index contributed by atoms with van der Waals surface area (Å²) in [7, 11) is -4.40. The van der Waals surface area contributed by atoms with Crippen LogP contribution in [0, 0.1) is 11.6 Å². The number of carbonyl (C=O) groups excluding carboxylic acids is 1. The second-order valence-electron chi connectivity index (χ2n) is 5.47. The Labute approximate surface area is 171 Å². The molecule has 1 amide bonds. The second kappa shape index (κ2) is 7.89. The fourth-order valence-corrected chi connectivity index (χ4v) is 4.53. The van der Waals surface area contributed by atoms with E-state index in [1.807, 2.05) is 0 Å². The maximum Gasteiger partial charge on any atom is 0.266 e. The Bertz CT molecular complexity index is 1150. The lowest BCUT2D eigenvalue weighted by molar-refractivity contribution is -0.114. The summed E-state index contributed by atoms with van der Waals surface area (Å²) in [6, 6.07) is 7.96. The lowest BCUT2D eigenvalue weighted by Crippen LogP contribution is -2.15. The van der Waals surface area contributed by atoms with Gasteiger partial charge in [-0.3, -0.25) is 9.52 Å². The van der Waals surface area contributed by atoms with Gasteiger partial charge in [-0.05, 0) is 52.3 Å². The van der Waals surface area contributed by atoms with E-state index in [1.54, 1.807) is 24.3 Å². The number of sulfonamides is 1. The van der Waals surface area contributed by atoms with Crippen LogP contribution in [0.3, 0.4) is 0 Å². The monoisotopic (exact) mass is 488 g/mol. The number of carbonyl (C=O) groups is 1. The Morgan fingerprint density at radius 3 is 2.43 bits per heavy atom. The van der Waals surface area contributed by atoms with Crippen LogP contribution in [-0.4, -0.2) is 24.5 Å². The molecule has 2 N–H and O–H groups in total. The average molecular weight is 489 g/mol. The molecule has 1 aromatic heterocycles. The summed E-state index contributed by atoms with van der Waals surface area (Å²) >= 11 is 3.70. The predicted molar refractivity (Wildman–Crippen MR) is 105 cm³/mol. The highest BCUT2D eigenvalue weighted by Gasteiger charge is 2.23. The minimum absolute atomic E-state index is 0.108. The highest BCUT2D eigenvalue weighted by Crippen LogP contribution is 2.30. The molecule has 1 heterocycles. The molecule has 3 rings (SSSR count). The quantitative estimate of drug-likeness (QED) is 0.528. The van der Waals surface area contributed by atoms with Crippen molar-refractivity contribution in [2.75, 3.05) is 10.0 Å². The maximum atomic E-state index is 13.9. The van der Waals surface area contributed by atoms with Gasteiger partial charge in [0, 0.05) is 18.2 Å². The van der Waals surface area contributed by atoms with Gasteiger partial charge in [0.15, 0.2) is 0 Å². The molecule has 0 spiro atoms. The van der Waals surface area contributed by atoms with Crippen LogP contribution in [0.2, 0.25) is 0 Å². The van der Waals surface area contributed by atoms with Gasteiger partial charge in [0.2, 0.25) is 11.0 Å². The number of rotatable bonds is 5. The molecule has 0 radical (unpaired) electrons. The fourth-order valence-electron chi connectivity index (χ4n) is 2.16. The third-order valence-electron chi connectivity index (χ3n) is 3.36. The van der Waals surface area contributed by atoms with E-state index in [0.29, 0.717) is 22.3 Å². The van der Waals surface area contributed by atoms with Gasteiger partial charge < -0.3 is 5.32 Å². The number of nitrogens with one attached hydrogen (secondary N) is 2. The Morgan fingerprint density at radius 2 is 1.79 bits per heavy atom.